The van der Waals surface area contributed by atoms with Gasteiger partial charge in [-0.25, -0.2) is 0 Å². The second-order valence-electron chi connectivity index (χ2n) is 5.06. The number of carbonyl (C=O) groups is 1. The number of nitrogens with two attached hydrogens (primary N) is 1. The zero-order chi connectivity index (χ0) is 15.2. The van der Waals surface area contributed by atoms with Crippen LogP contribution in [0.25, 0.3) is 0 Å². The molecule has 116 valence electrons. The van der Waals surface area contributed by atoms with Crippen LogP contribution in [0.3, 0.4) is 0 Å². The summed E-state index contributed by atoms with van der Waals surface area (Å²) in [4.78, 5) is 14.4. The summed E-state index contributed by atoms with van der Waals surface area (Å²) in [6.45, 7) is 3.95. The van der Waals surface area contributed by atoms with Gasteiger partial charge in [0.2, 0.25) is 5.91 Å². The largest absolute Gasteiger partial charge is 0.494 e. The number of nitrogen functional groups attached to an aromatic ring is 1. The van der Waals surface area contributed by atoms with Gasteiger partial charge in [-0.15, -0.1) is 0 Å². The number of piperidine rings is 1. The van der Waals surface area contributed by atoms with Crippen molar-refractivity contribution in [3.63, 3.8) is 0 Å². The number of likely N-dealkylation sites (tertiary alicyclic amines) is 1. The van der Waals surface area contributed by atoms with Crippen molar-refractivity contribution < 1.29 is 13.7 Å². The topological polar surface area (TPSA) is 72.6 Å². The number of amides is 1. The Bertz CT molecular complexity index is 528. The maximum atomic E-state index is 12.4. The van der Waals surface area contributed by atoms with Gasteiger partial charge in [-0.2, -0.15) is 0 Å². The summed E-state index contributed by atoms with van der Waals surface area (Å²) in [7, 11) is -1.44. The van der Waals surface area contributed by atoms with Crippen LogP contribution in [0.5, 0.6) is 5.75 Å². The van der Waals surface area contributed by atoms with E-state index in [0.29, 0.717) is 22.9 Å². The van der Waals surface area contributed by atoms with Crippen molar-refractivity contribution in [3.05, 3.63) is 18.2 Å². The van der Waals surface area contributed by atoms with Crippen molar-refractivity contribution in [1.29, 1.82) is 0 Å². The van der Waals surface area contributed by atoms with Crippen molar-refractivity contribution in [2.45, 2.75) is 31.1 Å². The van der Waals surface area contributed by atoms with E-state index in [1.54, 1.807) is 23.1 Å². The molecule has 0 radical (unpaired) electrons. The minimum Gasteiger partial charge on any atom is -0.494 e. The highest BCUT2D eigenvalue weighted by atomic mass is 32.2. The summed E-state index contributed by atoms with van der Waals surface area (Å²) < 4.78 is 17.8. The molecule has 0 bridgehead atoms. The second kappa shape index (κ2) is 7.45. The van der Waals surface area contributed by atoms with Gasteiger partial charge in [0.05, 0.1) is 22.3 Å². The Hall–Kier alpha value is -1.56. The highest BCUT2D eigenvalue weighted by Gasteiger charge is 2.20. The second-order valence-corrected chi connectivity index (χ2v) is 6.48. The molecule has 1 aliphatic heterocycles. The molecule has 2 rings (SSSR count). The smallest absolute Gasteiger partial charge is 0.235 e. The zero-order valence-electron chi connectivity index (χ0n) is 12.3. The molecule has 6 heteroatoms. The van der Waals surface area contributed by atoms with Gasteiger partial charge in [-0.05, 0) is 44.4 Å². The van der Waals surface area contributed by atoms with E-state index in [0.717, 1.165) is 32.4 Å². The molecular weight excluding hydrogens is 288 g/mol. The van der Waals surface area contributed by atoms with E-state index in [4.69, 9.17) is 10.5 Å². The third-order valence-corrected chi connectivity index (χ3v) is 4.86. The maximum Gasteiger partial charge on any atom is 0.235 e. The first-order valence-corrected chi connectivity index (χ1v) is 8.62. The van der Waals surface area contributed by atoms with E-state index in [1.165, 1.54) is 0 Å². The predicted octanol–water partition coefficient (Wildman–Crippen LogP) is 1.79. The maximum absolute atomic E-state index is 12.4. The minimum absolute atomic E-state index is 0.0141. The zero-order valence-corrected chi connectivity index (χ0v) is 13.2. The first kappa shape index (κ1) is 15.8. The Morgan fingerprint density at radius 3 is 2.71 bits per heavy atom. The lowest BCUT2D eigenvalue weighted by Crippen LogP contribution is -2.38. The summed E-state index contributed by atoms with van der Waals surface area (Å²) in [5.41, 5.74) is 6.30. The molecule has 1 aliphatic rings. The molecule has 0 aromatic heterocycles. The fourth-order valence-electron chi connectivity index (χ4n) is 2.39. The number of anilines is 1. The number of hydrogen-bond acceptors (Lipinski definition) is 4. The Morgan fingerprint density at radius 2 is 2.05 bits per heavy atom. The van der Waals surface area contributed by atoms with E-state index in [-0.39, 0.29) is 11.7 Å². The molecule has 21 heavy (non-hydrogen) atoms. The lowest BCUT2D eigenvalue weighted by atomic mass is 10.1. The van der Waals surface area contributed by atoms with Crippen LogP contribution in [0.2, 0.25) is 0 Å². The molecule has 5 nitrogen and oxygen atoms in total. The number of rotatable bonds is 5. The molecule has 1 fully saturated rings. The van der Waals surface area contributed by atoms with Crippen molar-refractivity contribution in [2.75, 3.05) is 31.2 Å². The molecule has 2 N–H and O–H groups in total. The molecule has 0 saturated carbocycles. The standard InChI is InChI=1S/C15H22N2O3S/c1-2-20-12-6-7-13(16)14(10-12)21(19)11-15(18)17-8-4-3-5-9-17/h6-7,10H,2-5,8-9,11,16H2,1H3. The third kappa shape index (κ3) is 4.20. The van der Waals surface area contributed by atoms with E-state index in [1.807, 2.05) is 6.92 Å². The van der Waals surface area contributed by atoms with Crippen molar-refractivity contribution in [1.82, 2.24) is 4.90 Å². The van der Waals surface area contributed by atoms with E-state index in [9.17, 15) is 9.00 Å². The number of carbonyl (C=O) groups excluding carboxylic acids is 1. The molecule has 1 atom stereocenters. The van der Waals surface area contributed by atoms with Crippen LogP contribution in [0.4, 0.5) is 5.69 Å². The molecule has 1 aromatic rings. The van der Waals surface area contributed by atoms with Gasteiger partial charge >= 0.3 is 0 Å². The third-order valence-electron chi connectivity index (χ3n) is 3.50. The van der Waals surface area contributed by atoms with Gasteiger partial charge in [-0.3, -0.25) is 9.00 Å². The van der Waals surface area contributed by atoms with Crippen LogP contribution in [0, 0.1) is 0 Å². The van der Waals surface area contributed by atoms with E-state index >= 15 is 0 Å². The van der Waals surface area contributed by atoms with Crippen LogP contribution in [0.1, 0.15) is 26.2 Å². The van der Waals surface area contributed by atoms with Crippen molar-refractivity contribution in [3.8, 4) is 5.75 Å². The van der Waals surface area contributed by atoms with Crippen molar-refractivity contribution >= 4 is 22.4 Å². The van der Waals surface area contributed by atoms with Gasteiger partial charge in [-0.1, -0.05) is 0 Å². The van der Waals surface area contributed by atoms with Gasteiger partial charge in [0.15, 0.2) is 0 Å². The SMILES string of the molecule is CCOc1ccc(N)c(S(=O)CC(=O)N2CCCCC2)c1. The van der Waals surface area contributed by atoms with Crippen molar-refractivity contribution in [2.24, 2.45) is 0 Å². The van der Waals surface area contributed by atoms with Gasteiger partial charge in [0.25, 0.3) is 0 Å². The highest BCUT2D eigenvalue weighted by Crippen LogP contribution is 2.23. The summed E-state index contributed by atoms with van der Waals surface area (Å²) in [6, 6.07) is 5.08. The van der Waals surface area contributed by atoms with Crippen LogP contribution in [-0.2, 0) is 15.6 Å². The summed E-state index contributed by atoms with van der Waals surface area (Å²) in [6.07, 6.45) is 3.22. The molecule has 1 saturated heterocycles. The Balaban J connectivity index is 2.05. The Morgan fingerprint density at radius 1 is 1.33 bits per heavy atom. The van der Waals surface area contributed by atoms with Gasteiger partial charge in [0.1, 0.15) is 11.5 Å². The Labute approximate surface area is 127 Å². The van der Waals surface area contributed by atoms with Crippen LogP contribution < -0.4 is 10.5 Å². The average molecular weight is 310 g/mol. The summed E-state index contributed by atoms with van der Waals surface area (Å²) in [5, 5.41) is 0. The van der Waals surface area contributed by atoms with E-state index < -0.39 is 10.8 Å². The fraction of sp³-hybridized carbons (Fsp3) is 0.533. The van der Waals surface area contributed by atoms with Gasteiger partial charge in [0, 0.05) is 18.8 Å². The lowest BCUT2D eigenvalue weighted by Gasteiger charge is -2.26. The molecule has 1 heterocycles. The number of nitrogens with zero attached hydrogens (tertiary/aromatic N) is 1. The number of hydrogen-bond donors (Lipinski definition) is 1. The van der Waals surface area contributed by atoms with Crippen LogP contribution >= 0.6 is 0 Å². The fourth-order valence-corrected chi connectivity index (χ4v) is 3.53. The Kier molecular flexibility index (Phi) is 5.61. The molecule has 0 aliphatic carbocycles. The van der Waals surface area contributed by atoms with Gasteiger partial charge < -0.3 is 15.4 Å². The predicted molar refractivity (Wildman–Crippen MR) is 83.7 cm³/mol. The number of benzene rings is 1. The summed E-state index contributed by atoms with van der Waals surface area (Å²) >= 11 is 0. The summed E-state index contributed by atoms with van der Waals surface area (Å²) in [5.74, 6) is 0.550. The first-order chi connectivity index (χ1) is 10.1. The van der Waals surface area contributed by atoms with Crippen LogP contribution in [0.15, 0.2) is 23.1 Å². The van der Waals surface area contributed by atoms with Crippen LogP contribution in [-0.4, -0.2) is 40.5 Å². The molecule has 1 amide bonds. The monoisotopic (exact) mass is 310 g/mol. The quantitative estimate of drug-likeness (QED) is 0.842. The first-order valence-electron chi connectivity index (χ1n) is 7.30. The van der Waals surface area contributed by atoms with E-state index in [2.05, 4.69) is 0 Å². The molecule has 1 aromatic carbocycles. The lowest BCUT2D eigenvalue weighted by molar-refractivity contribution is -0.129. The molecule has 0 spiro atoms. The normalized spacial score (nSPS) is 16.5. The number of ether oxygens (including phenoxy) is 1. The molecule has 1 unspecified atom stereocenters. The highest BCUT2D eigenvalue weighted by molar-refractivity contribution is 7.86. The minimum atomic E-state index is -1.44. The average Bonchev–Trinajstić information content (AvgIpc) is 2.50. The molecular formula is C15H22N2O3S.